The number of hydrogen-bond donors (Lipinski definition) is 2. The molecule has 3 rings (SSSR count). The molecule has 2 N–H and O–H groups in total. The van der Waals surface area contributed by atoms with Crippen LogP contribution in [0.5, 0.6) is 0 Å². The Kier molecular flexibility index (Phi) is 7.80. The molecule has 8 heteroatoms. The lowest BCUT2D eigenvalue weighted by atomic mass is 10.1. The average molecular weight is 469 g/mol. The topological polar surface area (TPSA) is 80.0 Å². The van der Waals surface area contributed by atoms with Gasteiger partial charge in [0.25, 0.3) is 0 Å². The van der Waals surface area contributed by atoms with E-state index in [1.165, 1.54) is 11.1 Å². The van der Waals surface area contributed by atoms with Crippen LogP contribution in [0.25, 0.3) is 0 Å². The minimum Gasteiger partial charge on any atom is -0.356 e. The van der Waals surface area contributed by atoms with Gasteiger partial charge >= 0.3 is 0 Å². The van der Waals surface area contributed by atoms with Crippen molar-refractivity contribution in [3.63, 3.8) is 0 Å². The highest BCUT2D eigenvalue weighted by molar-refractivity contribution is 14.0. The lowest BCUT2D eigenvalue weighted by Crippen LogP contribution is -2.47. The van der Waals surface area contributed by atoms with Gasteiger partial charge in [0.05, 0.1) is 6.54 Å². The number of aromatic nitrogens is 4. The van der Waals surface area contributed by atoms with E-state index < -0.39 is 0 Å². The van der Waals surface area contributed by atoms with Crippen LogP contribution in [-0.2, 0) is 25.8 Å². The van der Waals surface area contributed by atoms with Crippen LogP contribution < -0.4 is 10.6 Å². The quantitative estimate of drug-likeness (QED) is 0.397. The fourth-order valence-corrected chi connectivity index (χ4v) is 3.11. The molecule has 26 heavy (non-hydrogen) atoms. The largest absolute Gasteiger partial charge is 0.356 e. The Hall–Kier alpha value is -1.71. The van der Waals surface area contributed by atoms with Gasteiger partial charge in [-0.2, -0.15) is 5.10 Å². The molecule has 0 aliphatic carbocycles. The maximum atomic E-state index is 4.57. The van der Waals surface area contributed by atoms with Crippen molar-refractivity contribution in [1.29, 1.82) is 0 Å². The SMILES string of the molecule is CCc1nc2n(n1)CC(NC(=NC)NCCc1ccncc1C)CC2.I. The number of aliphatic imine (C=N–C) groups is 1. The molecule has 3 heterocycles. The fraction of sp³-hybridized carbons (Fsp3) is 0.556. The predicted octanol–water partition coefficient (Wildman–Crippen LogP) is 1.88. The standard InChI is InChI=1S/C18H27N7.HI/c1-4-16-23-17-6-5-15(12-25(17)24-16)22-18(19-3)21-10-8-14-7-9-20-11-13(14)2;/h7,9,11,15H,4-6,8,10,12H2,1-3H3,(H2,19,21,22);1H. The molecule has 0 spiro atoms. The zero-order valence-electron chi connectivity index (χ0n) is 15.7. The van der Waals surface area contributed by atoms with Crippen LogP contribution in [0.2, 0.25) is 0 Å². The second-order valence-electron chi connectivity index (χ2n) is 6.41. The number of fused-ring (bicyclic) bond motifs is 1. The third-order valence-corrected chi connectivity index (χ3v) is 4.61. The minimum atomic E-state index is 0. The van der Waals surface area contributed by atoms with E-state index in [-0.39, 0.29) is 24.0 Å². The smallest absolute Gasteiger partial charge is 0.191 e. The maximum absolute atomic E-state index is 4.57. The Morgan fingerprint density at radius 3 is 3.00 bits per heavy atom. The van der Waals surface area contributed by atoms with Crippen molar-refractivity contribution < 1.29 is 0 Å². The maximum Gasteiger partial charge on any atom is 0.191 e. The first kappa shape index (κ1) is 20.6. The zero-order chi connectivity index (χ0) is 17.6. The highest BCUT2D eigenvalue weighted by atomic mass is 127. The Labute approximate surface area is 172 Å². The summed E-state index contributed by atoms with van der Waals surface area (Å²) in [6, 6.07) is 2.40. The molecule has 1 aliphatic heterocycles. The van der Waals surface area contributed by atoms with Gasteiger partial charge in [0.2, 0.25) is 0 Å². The van der Waals surface area contributed by atoms with Crippen LogP contribution in [0.4, 0.5) is 0 Å². The summed E-state index contributed by atoms with van der Waals surface area (Å²) in [6.07, 6.45) is 7.59. The molecule has 1 atom stereocenters. The van der Waals surface area contributed by atoms with Gasteiger partial charge in [-0.3, -0.25) is 9.98 Å². The minimum absolute atomic E-state index is 0. The van der Waals surface area contributed by atoms with Crippen molar-refractivity contribution >= 4 is 29.9 Å². The molecule has 0 aromatic carbocycles. The number of halogens is 1. The molecule has 0 fully saturated rings. The number of pyridine rings is 1. The molecule has 2 aromatic rings. The van der Waals surface area contributed by atoms with E-state index in [0.29, 0.717) is 6.04 Å². The highest BCUT2D eigenvalue weighted by Gasteiger charge is 2.21. The molecule has 1 aliphatic rings. The van der Waals surface area contributed by atoms with Crippen molar-refractivity contribution in [2.24, 2.45) is 4.99 Å². The molecule has 0 saturated heterocycles. The monoisotopic (exact) mass is 469 g/mol. The summed E-state index contributed by atoms with van der Waals surface area (Å²) in [5.74, 6) is 2.88. The van der Waals surface area contributed by atoms with Crippen LogP contribution >= 0.6 is 24.0 Å². The molecule has 0 saturated carbocycles. The van der Waals surface area contributed by atoms with Crippen LogP contribution in [-0.4, -0.2) is 45.3 Å². The second-order valence-corrected chi connectivity index (χ2v) is 6.41. The molecule has 7 nitrogen and oxygen atoms in total. The van der Waals surface area contributed by atoms with E-state index in [0.717, 1.165) is 56.4 Å². The summed E-state index contributed by atoms with van der Waals surface area (Å²) in [4.78, 5) is 13.1. The first-order chi connectivity index (χ1) is 12.2. The first-order valence-electron chi connectivity index (χ1n) is 8.99. The van der Waals surface area contributed by atoms with Gasteiger partial charge in [-0.05, 0) is 37.0 Å². The van der Waals surface area contributed by atoms with E-state index in [9.17, 15) is 0 Å². The number of rotatable bonds is 5. The number of hydrogen-bond acceptors (Lipinski definition) is 4. The third-order valence-electron chi connectivity index (χ3n) is 4.61. The molecule has 142 valence electrons. The Morgan fingerprint density at radius 1 is 1.42 bits per heavy atom. The van der Waals surface area contributed by atoms with Gasteiger partial charge in [-0.15, -0.1) is 24.0 Å². The average Bonchev–Trinajstić information content (AvgIpc) is 3.05. The zero-order valence-corrected chi connectivity index (χ0v) is 18.0. The van der Waals surface area contributed by atoms with E-state index in [1.807, 2.05) is 24.1 Å². The second kappa shape index (κ2) is 9.84. The number of aryl methyl sites for hydroxylation is 3. The van der Waals surface area contributed by atoms with Gasteiger partial charge in [0, 0.05) is 44.9 Å². The normalized spacial score (nSPS) is 16.6. The molecule has 0 radical (unpaired) electrons. The van der Waals surface area contributed by atoms with Crippen LogP contribution in [0.3, 0.4) is 0 Å². The molecule has 0 amide bonds. The van der Waals surface area contributed by atoms with Crippen molar-refractivity contribution in [2.45, 2.75) is 52.1 Å². The fourth-order valence-electron chi connectivity index (χ4n) is 3.11. The molecular formula is C18H28IN7. The summed E-state index contributed by atoms with van der Waals surface area (Å²) < 4.78 is 2.04. The third kappa shape index (κ3) is 5.15. The lowest BCUT2D eigenvalue weighted by molar-refractivity contribution is 0.392. The van der Waals surface area contributed by atoms with Crippen LogP contribution in [0.15, 0.2) is 23.5 Å². The summed E-state index contributed by atoms with van der Waals surface area (Å²) >= 11 is 0. The predicted molar refractivity (Wildman–Crippen MR) is 114 cm³/mol. The van der Waals surface area contributed by atoms with Crippen LogP contribution in [0.1, 0.15) is 36.1 Å². The van der Waals surface area contributed by atoms with E-state index in [1.54, 1.807) is 0 Å². The molecule has 0 bridgehead atoms. The van der Waals surface area contributed by atoms with Crippen molar-refractivity contribution in [2.75, 3.05) is 13.6 Å². The summed E-state index contributed by atoms with van der Waals surface area (Å²) in [7, 11) is 1.81. The molecule has 1 unspecified atom stereocenters. The summed E-state index contributed by atoms with van der Waals surface area (Å²) in [6.45, 7) is 5.86. The number of guanidine groups is 1. The summed E-state index contributed by atoms with van der Waals surface area (Å²) in [5.41, 5.74) is 2.54. The van der Waals surface area contributed by atoms with Gasteiger partial charge in [-0.1, -0.05) is 6.92 Å². The lowest BCUT2D eigenvalue weighted by Gasteiger charge is -2.25. The Bertz CT molecular complexity index is 741. The Morgan fingerprint density at radius 2 is 2.27 bits per heavy atom. The number of nitrogens with zero attached hydrogens (tertiary/aromatic N) is 5. The van der Waals surface area contributed by atoms with Crippen molar-refractivity contribution in [3.8, 4) is 0 Å². The highest BCUT2D eigenvalue weighted by Crippen LogP contribution is 2.13. The van der Waals surface area contributed by atoms with Gasteiger partial charge in [0.1, 0.15) is 5.82 Å². The van der Waals surface area contributed by atoms with Gasteiger partial charge in [-0.25, -0.2) is 9.67 Å². The van der Waals surface area contributed by atoms with Gasteiger partial charge < -0.3 is 10.6 Å². The summed E-state index contributed by atoms with van der Waals surface area (Å²) in [5, 5.41) is 11.5. The van der Waals surface area contributed by atoms with Crippen LogP contribution in [0, 0.1) is 6.92 Å². The first-order valence-corrected chi connectivity index (χ1v) is 8.99. The number of nitrogens with one attached hydrogen (secondary N) is 2. The molecular weight excluding hydrogens is 441 g/mol. The van der Waals surface area contributed by atoms with E-state index in [4.69, 9.17) is 0 Å². The van der Waals surface area contributed by atoms with Gasteiger partial charge in [0.15, 0.2) is 11.8 Å². The van der Waals surface area contributed by atoms with Crippen molar-refractivity contribution in [1.82, 2.24) is 30.4 Å². The van der Waals surface area contributed by atoms with E-state index in [2.05, 4.69) is 50.6 Å². The Balaban J connectivity index is 0.00000243. The van der Waals surface area contributed by atoms with E-state index >= 15 is 0 Å². The van der Waals surface area contributed by atoms with Crippen molar-refractivity contribution in [3.05, 3.63) is 41.2 Å². The molecule has 2 aromatic heterocycles.